The normalized spacial score (nSPS) is 22.2. The molecule has 0 aromatic carbocycles. The minimum Gasteiger partial charge on any atom is -0.481 e. The van der Waals surface area contributed by atoms with Gasteiger partial charge < -0.3 is 15.7 Å². The maximum absolute atomic E-state index is 11.6. The Morgan fingerprint density at radius 1 is 1.11 bits per heavy atom. The van der Waals surface area contributed by atoms with Gasteiger partial charge in [-0.05, 0) is 31.6 Å². The van der Waals surface area contributed by atoms with Crippen LogP contribution in [0.15, 0.2) is 0 Å². The molecular formula is C13H22N2O3. The van der Waals surface area contributed by atoms with E-state index < -0.39 is 11.4 Å². The number of aliphatic carboxylic acids is 1. The van der Waals surface area contributed by atoms with Crippen molar-refractivity contribution < 1.29 is 14.7 Å². The maximum Gasteiger partial charge on any atom is 0.314 e. The van der Waals surface area contributed by atoms with Crippen molar-refractivity contribution in [2.75, 3.05) is 13.1 Å². The van der Waals surface area contributed by atoms with Crippen molar-refractivity contribution in [1.82, 2.24) is 10.6 Å². The smallest absolute Gasteiger partial charge is 0.314 e. The Labute approximate surface area is 107 Å². The van der Waals surface area contributed by atoms with Crippen molar-refractivity contribution in [2.45, 2.75) is 44.9 Å². The van der Waals surface area contributed by atoms with Crippen LogP contribution in [0.3, 0.4) is 0 Å². The van der Waals surface area contributed by atoms with Gasteiger partial charge in [0.1, 0.15) is 0 Å². The second-order valence-corrected chi connectivity index (χ2v) is 5.65. The summed E-state index contributed by atoms with van der Waals surface area (Å²) in [6.07, 6.45) is 6.88. The molecule has 0 unspecified atom stereocenters. The number of hydrogen-bond donors (Lipinski definition) is 3. The lowest BCUT2D eigenvalue weighted by Gasteiger charge is -2.27. The van der Waals surface area contributed by atoms with Gasteiger partial charge in [0.05, 0.1) is 5.41 Å². The number of carboxylic acid groups (broad SMARTS) is 1. The Bertz CT molecular complexity index is 320. The van der Waals surface area contributed by atoms with Gasteiger partial charge in [-0.1, -0.05) is 19.3 Å². The second-order valence-electron chi connectivity index (χ2n) is 5.65. The molecule has 0 saturated heterocycles. The molecule has 3 N–H and O–H groups in total. The number of carboxylic acids is 1. The topological polar surface area (TPSA) is 78.4 Å². The van der Waals surface area contributed by atoms with Gasteiger partial charge in [0.15, 0.2) is 0 Å². The lowest BCUT2D eigenvalue weighted by atomic mass is 9.85. The molecule has 2 aliphatic carbocycles. The highest BCUT2D eigenvalue weighted by Gasteiger charge is 2.41. The van der Waals surface area contributed by atoms with E-state index in [9.17, 15) is 14.7 Å². The Kier molecular flexibility index (Phi) is 4.09. The molecule has 0 aromatic rings. The van der Waals surface area contributed by atoms with Gasteiger partial charge in [0, 0.05) is 13.1 Å². The van der Waals surface area contributed by atoms with E-state index in [0.29, 0.717) is 25.3 Å². The number of hydrogen-bond acceptors (Lipinski definition) is 2. The zero-order chi connectivity index (χ0) is 13.0. The van der Waals surface area contributed by atoms with E-state index in [0.717, 1.165) is 12.8 Å². The molecule has 0 bridgehead atoms. The molecule has 0 heterocycles. The quantitative estimate of drug-likeness (QED) is 0.699. The molecule has 102 valence electrons. The summed E-state index contributed by atoms with van der Waals surface area (Å²) in [7, 11) is 0. The first-order valence-electron chi connectivity index (χ1n) is 6.87. The molecule has 5 nitrogen and oxygen atoms in total. The predicted molar refractivity (Wildman–Crippen MR) is 67.3 cm³/mol. The molecule has 2 saturated carbocycles. The molecular weight excluding hydrogens is 232 g/mol. The number of urea groups is 1. The van der Waals surface area contributed by atoms with Crippen molar-refractivity contribution in [3.05, 3.63) is 0 Å². The summed E-state index contributed by atoms with van der Waals surface area (Å²) >= 11 is 0. The molecule has 2 aliphatic rings. The molecule has 0 spiro atoms. The third kappa shape index (κ3) is 2.94. The lowest BCUT2D eigenvalue weighted by Crippen LogP contribution is -2.46. The van der Waals surface area contributed by atoms with Gasteiger partial charge >= 0.3 is 12.0 Å². The second kappa shape index (κ2) is 5.59. The third-order valence-electron chi connectivity index (χ3n) is 4.38. The highest BCUT2D eigenvalue weighted by atomic mass is 16.4. The summed E-state index contributed by atoms with van der Waals surface area (Å²) in [6, 6.07) is -0.227. The summed E-state index contributed by atoms with van der Waals surface area (Å²) in [5.74, 6) is -0.157. The number of amides is 2. The number of rotatable bonds is 5. The van der Waals surface area contributed by atoms with Crippen LogP contribution in [-0.4, -0.2) is 30.2 Å². The van der Waals surface area contributed by atoms with E-state index in [1.54, 1.807) is 0 Å². The zero-order valence-corrected chi connectivity index (χ0v) is 10.7. The van der Waals surface area contributed by atoms with Gasteiger partial charge in [-0.25, -0.2) is 4.79 Å². The SMILES string of the molecule is O=C(NCC1CCC1)NCC1(C(=O)O)CCCC1. The van der Waals surface area contributed by atoms with Crippen molar-refractivity contribution in [1.29, 1.82) is 0 Å². The van der Waals surface area contributed by atoms with Crippen LogP contribution in [0.4, 0.5) is 4.79 Å². The average Bonchev–Trinajstić information content (AvgIpc) is 2.74. The minimum atomic E-state index is -0.778. The monoisotopic (exact) mass is 254 g/mol. The van der Waals surface area contributed by atoms with Crippen LogP contribution in [0, 0.1) is 11.3 Å². The summed E-state index contributed by atoms with van der Waals surface area (Å²) in [6.45, 7) is 0.963. The summed E-state index contributed by atoms with van der Waals surface area (Å²) in [4.78, 5) is 22.9. The molecule has 2 rings (SSSR count). The van der Waals surface area contributed by atoms with E-state index in [1.165, 1.54) is 19.3 Å². The first-order chi connectivity index (χ1) is 8.62. The zero-order valence-electron chi connectivity index (χ0n) is 10.7. The molecule has 2 fully saturated rings. The molecule has 0 aliphatic heterocycles. The number of carbonyl (C=O) groups excluding carboxylic acids is 1. The lowest BCUT2D eigenvalue weighted by molar-refractivity contribution is -0.148. The third-order valence-corrected chi connectivity index (χ3v) is 4.38. The van der Waals surface area contributed by atoms with Gasteiger partial charge in [0.2, 0.25) is 0 Å². The Balaban J connectivity index is 1.71. The molecule has 2 amide bonds. The van der Waals surface area contributed by atoms with Crippen LogP contribution in [0.2, 0.25) is 0 Å². The van der Waals surface area contributed by atoms with Gasteiger partial charge in [-0.2, -0.15) is 0 Å². The largest absolute Gasteiger partial charge is 0.481 e. The van der Waals surface area contributed by atoms with Crippen LogP contribution in [0.5, 0.6) is 0 Å². The molecule has 0 atom stereocenters. The van der Waals surface area contributed by atoms with Gasteiger partial charge in [-0.3, -0.25) is 4.79 Å². The van der Waals surface area contributed by atoms with Crippen molar-refractivity contribution in [2.24, 2.45) is 11.3 Å². The highest BCUT2D eigenvalue weighted by molar-refractivity contribution is 5.78. The number of nitrogens with one attached hydrogen (secondary N) is 2. The van der Waals surface area contributed by atoms with E-state index in [-0.39, 0.29) is 12.6 Å². The summed E-state index contributed by atoms with van der Waals surface area (Å²) in [5, 5.41) is 14.8. The van der Waals surface area contributed by atoms with Crippen molar-refractivity contribution in [3.8, 4) is 0 Å². The van der Waals surface area contributed by atoms with E-state index in [4.69, 9.17) is 0 Å². The summed E-state index contributed by atoms with van der Waals surface area (Å²) < 4.78 is 0. The Morgan fingerprint density at radius 2 is 1.78 bits per heavy atom. The van der Waals surface area contributed by atoms with Crippen molar-refractivity contribution >= 4 is 12.0 Å². The average molecular weight is 254 g/mol. The minimum absolute atomic E-state index is 0.227. The number of carbonyl (C=O) groups is 2. The fourth-order valence-electron chi connectivity index (χ4n) is 2.76. The standard InChI is InChI=1S/C13H22N2O3/c16-11(17)13(6-1-2-7-13)9-15-12(18)14-8-10-4-3-5-10/h10H,1-9H2,(H,16,17)(H2,14,15,18). The van der Waals surface area contributed by atoms with E-state index in [1.807, 2.05) is 0 Å². The maximum atomic E-state index is 11.6. The first kappa shape index (κ1) is 13.2. The van der Waals surface area contributed by atoms with Crippen LogP contribution in [-0.2, 0) is 4.79 Å². The van der Waals surface area contributed by atoms with Crippen molar-refractivity contribution in [3.63, 3.8) is 0 Å². The summed E-state index contributed by atoms with van der Waals surface area (Å²) in [5.41, 5.74) is -0.728. The van der Waals surface area contributed by atoms with E-state index in [2.05, 4.69) is 10.6 Å². The fraction of sp³-hybridized carbons (Fsp3) is 0.846. The fourth-order valence-corrected chi connectivity index (χ4v) is 2.76. The molecule has 5 heteroatoms. The van der Waals surface area contributed by atoms with Gasteiger partial charge in [0.25, 0.3) is 0 Å². The van der Waals surface area contributed by atoms with Crippen LogP contribution >= 0.6 is 0 Å². The van der Waals surface area contributed by atoms with Crippen LogP contribution in [0.1, 0.15) is 44.9 Å². The molecule has 0 aromatic heterocycles. The highest BCUT2D eigenvalue weighted by Crippen LogP contribution is 2.37. The van der Waals surface area contributed by atoms with Gasteiger partial charge in [-0.15, -0.1) is 0 Å². The first-order valence-corrected chi connectivity index (χ1v) is 6.87. The van der Waals surface area contributed by atoms with E-state index >= 15 is 0 Å². The van der Waals surface area contributed by atoms with Crippen LogP contribution < -0.4 is 10.6 Å². The molecule has 18 heavy (non-hydrogen) atoms. The molecule has 0 radical (unpaired) electrons. The predicted octanol–water partition coefficient (Wildman–Crippen LogP) is 1.73. The van der Waals surface area contributed by atoms with Crippen LogP contribution in [0.25, 0.3) is 0 Å². The Morgan fingerprint density at radius 3 is 2.28 bits per heavy atom. The Hall–Kier alpha value is -1.26.